The van der Waals surface area contributed by atoms with Gasteiger partial charge in [0.1, 0.15) is 11.6 Å². The number of rotatable bonds is 8. The number of pyridine rings is 1. The monoisotopic (exact) mass is 858 g/mol. The summed E-state index contributed by atoms with van der Waals surface area (Å²) in [4.78, 5) is 10.5. The second kappa shape index (κ2) is 17.0. The Morgan fingerprint density at radius 2 is 1.14 bits per heavy atom. The van der Waals surface area contributed by atoms with Crippen LogP contribution in [0.1, 0.15) is 52.7 Å². The number of imidazole rings is 1. The molecule has 0 saturated heterocycles. The zero-order valence-corrected chi connectivity index (χ0v) is 38.2. The fraction of sp³-hybridized carbons (Fsp3) is 0.129. The number of aromatic hydroxyl groups is 1. The smallest absolute Gasteiger partial charge is 0.149 e. The molecule has 10 aromatic rings. The molecular formula is C62H53N3O. The SMILES string of the molecule is [2H]C([2H])([2H])c1cc(-c2ccc(C(C)(C)C)cc2)c(-n2c(-c3cc(C)cc(C)c3O)nc3c(-c4cc(-c5ccccc5)cc(-c5cc(-c6ccc(C)cc6)ccn5)c4)cccc32)cc1-c1ccccc1. The lowest BCUT2D eigenvalue weighted by Crippen LogP contribution is -2.10. The minimum atomic E-state index is -2.43. The average molecular weight is 859 g/mol. The van der Waals surface area contributed by atoms with Crippen molar-refractivity contribution < 1.29 is 9.22 Å². The van der Waals surface area contributed by atoms with Gasteiger partial charge >= 0.3 is 0 Å². The largest absolute Gasteiger partial charge is 0.507 e. The molecule has 0 saturated carbocycles. The molecule has 2 aromatic heterocycles. The molecule has 1 N–H and O–H groups in total. The van der Waals surface area contributed by atoms with Gasteiger partial charge in [0, 0.05) is 27.0 Å². The number of fused-ring (bicyclic) bond motifs is 1. The van der Waals surface area contributed by atoms with E-state index in [1.54, 1.807) is 0 Å². The fourth-order valence-electron chi connectivity index (χ4n) is 9.14. The number of phenolic OH excluding ortho intramolecular Hbond substituents is 1. The van der Waals surface area contributed by atoms with Crippen LogP contribution in [0.15, 0.2) is 188 Å². The summed E-state index contributed by atoms with van der Waals surface area (Å²) in [5.74, 6) is 0.659. The number of phenols is 1. The highest BCUT2D eigenvalue weighted by Gasteiger charge is 2.25. The van der Waals surface area contributed by atoms with Crippen LogP contribution < -0.4 is 0 Å². The van der Waals surface area contributed by atoms with Crippen molar-refractivity contribution >= 4 is 11.0 Å². The van der Waals surface area contributed by atoms with Gasteiger partial charge in [-0.15, -0.1) is 0 Å². The third kappa shape index (κ3) is 8.01. The third-order valence-electron chi connectivity index (χ3n) is 12.7. The van der Waals surface area contributed by atoms with Crippen molar-refractivity contribution in [2.45, 2.75) is 53.8 Å². The number of nitrogens with zero attached hydrogens (tertiary/aromatic N) is 3. The molecule has 10 rings (SSSR count). The fourth-order valence-corrected chi connectivity index (χ4v) is 9.14. The minimum absolute atomic E-state index is 0.0926. The molecule has 0 fully saturated rings. The molecule has 0 atom stereocenters. The Kier molecular flexibility index (Phi) is 9.92. The van der Waals surface area contributed by atoms with Crippen LogP contribution in [0.2, 0.25) is 0 Å². The zero-order valence-electron chi connectivity index (χ0n) is 41.2. The average Bonchev–Trinajstić information content (AvgIpc) is 3.74. The van der Waals surface area contributed by atoms with Crippen LogP contribution in [-0.2, 0) is 5.41 Å². The first-order valence-corrected chi connectivity index (χ1v) is 22.5. The maximum Gasteiger partial charge on any atom is 0.149 e. The lowest BCUT2D eigenvalue weighted by molar-refractivity contribution is 0.472. The number of para-hydroxylation sites is 1. The summed E-state index contributed by atoms with van der Waals surface area (Å²) < 4.78 is 28.8. The van der Waals surface area contributed by atoms with Crippen LogP contribution in [0.4, 0.5) is 0 Å². The standard InChI is InChI=1S/C62H53N3O/c1-39-21-23-44(24-22-39)47-29-30-63-56(37-47)50-35-48(43-15-10-8-11-16-43)34-49(36-50)52-19-14-20-57-59(52)64-61(55-32-40(2)31-42(4)60(55)66)65(57)58-38-53(45-17-12-9-13-18-45)41(3)33-54(58)46-25-27-51(28-26-46)62(5,6)7/h8-38,66H,1-7H3/i3D3. The van der Waals surface area contributed by atoms with Gasteiger partial charge in [-0.1, -0.05) is 154 Å². The molecule has 322 valence electrons. The van der Waals surface area contributed by atoms with Crippen LogP contribution in [0, 0.1) is 27.6 Å². The third-order valence-corrected chi connectivity index (χ3v) is 12.7. The van der Waals surface area contributed by atoms with Gasteiger partial charge in [0.2, 0.25) is 0 Å². The summed E-state index contributed by atoms with van der Waals surface area (Å²) in [6.45, 7) is 10.1. The van der Waals surface area contributed by atoms with E-state index in [9.17, 15) is 5.11 Å². The molecule has 8 aromatic carbocycles. The molecule has 4 heteroatoms. The van der Waals surface area contributed by atoms with Gasteiger partial charge in [-0.25, -0.2) is 4.98 Å². The summed E-state index contributed by atoms with van der Waals surface area (Å²) in [5.41, 5.74) is 17.9. The second-order valence-corrected chi connectivity index (χ2v) is 18.5. The van der Waals surface area contributed by atoms with E-state index in [2.05, 4.69) is 154 Å². The molecule has 0 aliphatic rings. The summed E-state index contributed by atoms with van der Waals surface area (Å²) in [7, 11) is 0. The molecule has 66 heavy (non-hydrogen) atoms. The maximum absolute atomic E-state index is 12.0. The van der Waals surface area contributed by atoms with Crippen molar-refractivity contribution in [3.05, 3.63) is 216 Å². The Bertz CT molecular complexity index is 3530. The molecule has 0 aliphatic carbocycles. The van der Waals surface area contributed by atoms with Gasteiger partial charge in [0.25, 0.3) is 0 Å². The van der Waals surface area contributed by atoms with Crippen LogP contribution in [-0.4, -0.2) is 19.6 Å². The second-order valence-electron chi connectivity index (χ2n) is 18.5. The van der Waals surface area contributed by atoms with Crippen molar-refractivity contribution in [3.63, 3.8) is 0 Å². The van der Waals surface area contributed by atoms with Crippen molar-refractivity contribution in [2.75, 3.05) is 0 Å². The number of aryl methyl sites for hydroxylation is 4. The summed E-state index contributed by atoms with van der Waals surface area (Å²) in [5, 5.41) is 12.0. The lowest BCUT2D eigenvalue weighted by Gasteiger charge is -2.21. The van der Waals surface area contributed by atoms with Crippen LogP contribution in [0.5, 0.6) is 5.75 Å². The number of hydrogen-bond acceptors (Lipinski definition) is 3. The van der Waals surface area contributed by atoms with Gasteiger partial charge in [0.15, 0.2) is 0 Å². The van der Waals surface area contributed by atoms with E-state index < -0.39 is 6.85 Å². The van der Waals surface area contributed by atoms with Crippen molar-refractivity contribution in [1.82, 2.24) is 14.5 Å². The first kappa shape index (κ1) is 38.6. The predicted octanol–water partition coefficient (Wildman–Crippen LogP) is 16.3. The molecule has 0 aliphatic heterocycles. The van der Waals surface area contributed by atoms with Gasteiger partial charge < -0.3 is 5.11 Å². The molecule has 2 heterocycles. The Hall–Kier alpha value is -7.82. The Morgan fingerprint density at radius 1 is 0.485 bits per heavy atom. The first-order chi connectivity index (χ1) is 33.1. The molecular weight excluding hydrogens is 803 g/mol. The highest BCUT2D eigenvalue weighted by atomic mass is 16.3. The van der Waals surface area contributed by atoms with Crippen molar-refractivity contribution in [3.8, 4) is 89.7 Å². The topological polar surface area (TPSA) is 50.9 Å². The van der Waals surface area contributed by atoms with E-state index in [-0.39, 0.29) is 16.7 Å². The van der Waals surface area contributed by atoms with Crippen LogP contribution in [0.3, 0.4) is 0 Å². The van der Waals surface area contributed by atoms with E-state index in [1.165, 1.54) is 5.56 Å². The van der Waals surface area contributed by atoms with Crippen LogP contribution in [0.25, 0.3) is 95.0 Å². The van der Waals surface area contributed by atoms with Gasteiger partial charge in [0.05, 0.1) is 28.0 Å². The highest BCUT2D eigenvalue weighted by molar-refractivity contribution is 5.99. The molecule has 0 spiro atoms. The van der Waals surface area contributed by atoms with Gasteiger partial charge in [-0.2, -0.15) is 0 Å². The van der Waals surface area contributed by atoms with E-state index in [4.69, 9.17) is 14.1 Å². The number of aromatic nitrogens is 3. The number of benzene rings is 8. The maximum atomic E-state index is 12.0. The lowest BCUT2D eigenvalue weighted by atomic mass is 9.85. The Balaban J connectivity index is 1.28. The van der Waals surface area contributed by atoms with E-state index >= 15 is 0 Å². The van der Waals surface area contributed by atoms with E-state index in [0.717, 1.165) is 94.7 Å². The molecule has 0 unspecified atom stereocenters. The Labute approximate surface area is 392 Å². The first-order valence-electron chi connectivity index (χ1n) is 24.0. The van der Waals surface area contributed by atoms with E-state index in [0.29, 0.717) is 17.0 Å². The van der Waals surface area contributed by atoms with Crippen molar-refractivity contribution in [1.29, 1.82) is 0 Å². The quantitative estimate of drug-likeness (QED) is 0.166. The van der Waals surface area contributed by atoms with Gasteiger partial charge in [-0.3, -0.25) is 9.55 Å². The number of hydrogen-bond donors (Lipinski definition) is 1. The van der Waals surface area contributed by atoms with Crippen LogP contribution >= 0.6 is 0 Å². The molecule has 0 radical (unpaired) electrons. The van der Waals surface area contributed by atoms with Crippen molar-refractivity contribution in [2.24, 2.45) is 0 Å². The minimum Gasteiger partial charge on any atom is -0.507 e. The van der Waals surface area contributed by atoms with E-state index in [1.807, 2.05) is 80.7 Å². The highest BCUT2D eigenvalue weighted by Crippen LogP contribution is 2.44. The molecule has 0 bridgehead atoms. The zero-order chi connectivity index (χ0) is 48.2. The molecule has 0 amide bonds. The normalized spacial score (nSPS) is 12.5. The molecule has 4 nitrogen and oxygen atoms in total. The summed E-state index contributed by atoms with van der Waals surface area (Å²) >= 11 is 0. The Morgan fingerprint density at radius 3 is 1.85 bits per heavy atom. The predicted molar refractivity (Wildman–Crippen MR) is 276 cm³/mol. The summed E-state index contributed by atoms with van der Waals surface area (Å²) in [6, 6.07) is 61.9. The summed E-state index contributed by atoms with van der Waals surface area (Å²) in [6.07, 6.45) is 1.87. The van der Waals surface area contributed by atoms with Gasteiger partial charge in [-0.05, 0) is 154 Å².